The first-order valence-corrected chi connectivity index (χ1v) is 10.2. The summed E-state index contributed by atoms with van der Waals surface area (Å²) in [6.45, 7) is 3.17. The summed E-state index contributed by atoms with van der Waals surface area (Å²) in [6, 6.07) is 29.0. The van der Waals surface area contributed by atoms with E-state index in [4.69, 9.17) is 4.74 Å². The van der Waals surface area contributed by atoms with E-state index in [1.54, 1.807) is 0 Å². The number of hydrogen-bond donors (Lipinski definition) is 0. The largest absolute Gasteiger partial charge is 0.480 e. The molecule has 0 heterocycles. The van der Waals surface area contributed by atoms with Gasteiger partial charge >= 0.3 is 0 Å². The number of hydrogen-bond acceptors (Lipinski definition) is 2. The Labute approximate surface area is 176 Å². The van der Waals surface area contributed by atoms with Gasteiger partial charge in [0.2, 0.25) is 0 Å². The van der Waals surface area contributed by atoms with Gasteiger partial charge in [-0.15, -0.1) is 0 Å². The molecule has 2 nitrogen and oxygen atoms in total. The van der Waals surface area contributed by atoms with Crippen molar-refractivity contribution in [1.29, 1.82) is 0 Å². The molecule has 28 heavy (non-hydrogen) atoms. The van der Waals surface area contributed by atoms with Crippen molar-refractivity contribution in [1.82, 2.24) is 4.90 Å². The predicted molar refractivity (Wildman–Crippen MR) is 119 cm³/mol. The van der Waals surface area contributed by atoms with Gasteiger partial charge in [0.15, 0.2) is 0 Å². The van der Waals surface area contributed by atoms with Gasteiger partial charge in [0, 0.05) is 26.1 Å². The molecule has 0 aliphatic heterocycles. The molecule has 0 N–H and O–H groups in total. The summed E-state index contributed by atoms with van der Waals surface area (Å²) in [6.07, 6.45) is 0.818. The standard InChI is InChI=1S/C25H24BrNO/c26-24-16-8-9-17-25(24)28-19-11-3-10-18-27(20-22-12-4-1-5-13-22)21-23-14-6-2-7-15-23/h1-2,4-9,12-17H,10,18-21H2. The maximum atomic E-state index is 5.70. The maximum absolute atomic E-state index is 5.70. The van der Waals surface area contributed by atoms with Crippen LogP contribution in [0.5, 0.6) is 5.75 Å². The third-order valence-electron chi connectivity index (χ3n) is 4.31. The lowest BCUT2D eigenvalue weighted by Crippen LogP contribution is -2.23. The van der Waals surface area contributed by atoms with Crippen LogP contribution in [0, 0.1) is 11.8 Å². The van der Waals surface area contributed by atoms with E-state index in [1.165, 1.54) is 11.1 Å². The zero-order valence-corrected chi connectivity index (χ0v) is 17.4. The molecule has 0 bridgehead atoms. The molecule has 0 saturated heterocycles. The smallest absolute Gasteiger partial charge is 0.149 e. The van der Waals surface area contributed by atoms with Crippen LogP contribution in [-0.4, -0.2) is 18.1 Å². The minimum atomic E-state index is 0.403. The Morgan fingerprint density at radius 2 is 1.29 bits per heavy atom. The Kier molecular flexibility index (Phi) is 8.18. The molecule has 0 amide bonds. The lowest BCUT2D eigenvalue weighted by atomic mass is 10.1. The van der Waals surface area contributed by atoms with Gasteiger partial charge in [0.1, 0.15) is 12.4 Å². The molecular weight excluding hydrogens is 410 g/mol. The van der Waals surface area contributed by atoms with Gasteiger partial charge < -0.3 is 4.74 Å². The van der Waals surface area contributed by atoms with Gasteiger partial charge in [0.05, 0.1) is 4.47 Å². The second-order valence-corrected chi connectivity index (χ2v) is 7.36. The number of ether oxygens (including phenoxy) is 1. The van der Waals surface area contributed by atoms with Gasteiger partial charge in [-0.05, 0) is 39.2 Å². The van der Waals surface area contributed by atoms with E-state index in [0.29, 0.717) is 6.61 Å². The first-order valence-electron chi connectivity index (χ1n) is 9.44. The molecule has 0 aromatic heterocycles. The Morgan fingerprint density at radius 1 is 0.714 bits per heavy atom. The van der Waals surface area contributed by atoms with E-state index >= 15 is 0 Å². The van der Waals surface area contributed by atoms with Crippen molar-refractivity contribution >= 4 is 15.9 Å². The fraction of sp³-hybridized carbons (Fsp3) is 0.200. The van der Waals surface area contributed by atoms with Crippen LogP contribution < -0.4 is 4.74 Å². The highest BCUT2D eigenvalue weighted by Crippen LogP contribution is 2.23. The highest BCUT2D eigenvalue weighted by atomic mass is 79.9. The van der Waals surface area contributed by atoms with Crippen molar-refractivity contribution in [3.05, 3.63) is 101 Å². The molecule has 0 saturated carbocycles. The summed E-state index contributed by atoms with van der Waals surface area (Å²) in [7, 11) is 0. The Bertz CT molecular complexity index is 858. The van der Waals surface area contributed by atoms with Crippen LogP contribution in [-0.2, 0) is 13.1 Å². The van der Waals surface area contributed by atoms with Crippen LogP contribution in [0.2, 0.25) is 0 Å². The van der Waals surface area contributed by atoms with Crippen molar-refractivity contribution in [2.45, 2.75) is 19.5 Å². The normalized spacial score (nSPS) is 10.4. The van der Waals surface area contributed by atoms with E-state index in [9.17, 15) is 0 Å². The molecule has 0 aliphatic carbocycles. The monoisotopic (exact) mass is 433 g/mol. The van der Waals surface area contributed by atoms with Crippen LogP contribution >= 0.6 is 15.9 Å². The van der Waals surface area contributed by atoms with Crippen molar-refractivity contribution in [2.75, 3.05) is 13.2 Å². The van der Waals surface area contributed by atoms with Crippen molar-refractivity contribution in [2.24, 2.45) is 0 Å². The molecule has 0 radical (unpaired) electrons. The van der Waals surface area contributed by atoms with Gasteiger partial charge in [-0.3, -0.25) is 4.90 Å². The fourth-order valence-electron chi connectivity index (χ4n) is 2.93. The van der Waals surface area contributed by atoms with Gasteiger partial charge in [-0.2, -0.15) is 0 Å². The topological polar surface area (TPSA) is 12.5 Å². The van der Waals surface area contributed by atoms with Crippen molar-refractivity contribution < 1.29 is 4.74 Å². The lowest BCUT2D eigenvalue weighted by molar-refractivity contribution is 0.263. The summed E-state index contributed by atoms with van der Waals surface area (Å²) < 4.78 is 6.65. The third-order valence-corrected chi connectivity index (χ3v) is 4.97. The molecule has 142 valence electrons. The fourth-order valence-corrected chi connectivity index (χ4v) is 3.33. The molecule has 0 spiro atoms. The van der Waals surface area contributed by atoms with E-state index in [1.807, 2.05) is 24.3 Å². The summed E-state index contributed by atoms with van der Waals surface area (Å²) in [5.74, 6) is 7.20. The molecule has 0 aliphatic rings. The molecule has 0 atom stereocenters. The molecule has 3 aromatic rings. The number of nitrogens with zero attached hydrogens (tertiary/aromatic N) is 1. The summed E-state index contributed by atoms with van der Waals surface area (Å²) in [5, 5.41) is 0. The molecule has 0 unspecified atom stereocenters. The molecular formula is C25H24BrNO. The highest BCUT2D eigenvalue weighted by molar-refractivity contribution is 9.10. The van der Waals surface area contributed by atoms with Gasteiger partial charge in [-0.25, -0.2) is 0 Å². The summed E-state index contributed by atoms with van der Waals surface area (Å²) >= 11 is 3.48. The SMILES string of the molecule is Brc1ccccc1OCC#CCCN(Cc1ccccc1)Cc1ccccc1. The number of benzene rings is 3. The lowest BCUT2D eigenvalue weighted by Gasteiger charge is -2.21. The molecule has 0 fully saturated rings. The minimum Gasteiger partial charge on any atom is -0.480 e. The van der Waals surface area contributed by atoms with Crippen LogP contribution in [0.15, 0.2) is 89.4 Å². The van der Waals surface area contributed by atoms with E-state index < -0.39 is 0 Å². The van der Waals surface area contributed by atoms with Crippen LogP contribution in [0.25, 0.3) is 0 Å². The first kappa shape index (κ1) is 20.2. The Morgan fingerprint density at radius 3 is 1.89 bits per heavy atom. The third kappa shape index (κ3) is 6.88. The Balaban J connectivity index is 1.52. The zero-order chi connectivity index (χ0) is 19.4. The zero-order valence-electron chi connectivity index (χ0n) is 15.9. The number of rotatable bonds is 8. The number of para-hydroxylation sites is 1. The van der Waals surface area contributed by atoms with Crippen LogP contribution in [0.1, 0.15) is 17.5 Å². The number of halogens is 1. The predicted octanol–water partition coefficient (Wildman–Crippen LogP) is 5.92. The highest BCUT2D eigenvalue weighted by Gasteiger charge is 2.06. The molecule has 3 aromatic carbocycles. The van der Waals surface area contributed by atoms with Crippen LogP contribution in [0.3, 0.4) is 0 Å². The summed E-state index contributed by atoms with van der Waals surface area (Å²) in [5.41, 5.74) is 2.65. The maximum Gasteiger partial charge on any atom is 0.149 e. The molecule has 3 heteroatoms. The van der Waals surface area contributed by atoms with Crippen LogP contribution in [0.4, 0.5) is 0 Å². The molecule has 3 rings (SSSR count). The van der Waals surface area contributed by atoms with E-state index in [-0.39, 0.29) is 0 Å². The second-order valence-electron chi connectivity index (χ2n) is 6.50. The minimum absolute atomic E-state index is 0.403. The van der Waals surface area contributed by atoms with Crippen molar-refractivity contribution in [3.63, 3.8) is 0 Å². The van der Waals surface area contributed by atoms with E-state index in [2.05, 4.69) is 93.3 Å². The van der Waals surface area contributed by atoms with Crippen molar-refractivity contribution in [3.8, 4) is 17.6 Å². The van der Waals surface area contributed by atoms with Gasteiger partial charge in [-0.1, -0.05) is 84.6 Å². The van der Waals surface area contributed by atoms with Gasteiger partial charge in [0.25, 0.3) is 0 Å². The first-order chi connectivity index (χ1) is 13.8. The Hall–Kier alpha value is -2.54. The average molecular weight is 434 g/mol. The van der Waals surface area contributed by atoms with E-state index in [0.717, 1.165) is 36.3 Å². The average Bonchev–Trinajstić information content (AvgIpc) is 2.73. The summed E-state index contributed by atoms with van der Waals surface area (Å²) in [4.78, 5) is 2.44. The quantitative estimate of drug-likeness (QED) is 0.408. The second kappa shape index (κ2) is 11.3.